The molecule has 32 heavy (non-hydrogen) atoms. The van der Waals surface area contributed by atoms with Crippen LogP contribution < -0.4 is 15.4 Å². The summed E-state index contributed by atoms with van der Waals surface area (Å²) in [6.45, 7) is 3.40. The van der Waals surface area contributed by atoms with Crippen molar-refractivity contribution >= 4 is 33.6 Å². The minimum absolute atomic E-state index is 0.0409. The number of benzene rings is 1. The van der Waals surface area contributed by atoms with Crippen molar-refractivity contribution in [1.82, 2.24) is 25.2 Å². The SMILES string of the molecule is CNCCNC(=O)COc1ccc2c(c1)cc(-c1cc3cccnc3[nH]1)n2CCC(C)=O. The highest BCUT2D eigenvalue weighted by atomic mass is 16.5. The second-order valence-electron chi connectivity index (χ2n) is 7.72. The van der Waals surface area contributed by atoms with E-state index in [0.29, 0.717) is 31.8 Å². The van der Waals surface area contributed by atoms with E-state index >= 15 is 0 Å². The second-order valence-corrected chi connectivity index (χ2v) is 7.72. The monoisotopic (exact) mass is 433 g/mol. The van der Waals surface area contributed by atoms with Crippen molar-refractivity contribution in [3.63, 3.8) is 0 Å². The molecule has 0 unspecified atom stereocenters. The number of aromatic amines is 1. The van der Waals surface area contributed by atoms with Crippen LogP contribution >= 0.6 is 0 Å². The zero-order chi connectivity index (χ0) is 22.5. The number of hydrogen-bond donors (Lipinski definition) is 3. The number of pyridine rings is 1. The Morgan fingerprint density at radius 3 is 2.78 bits per heavy atom. The topological polar surface area (TPSA) is 101 Å². The zero-order valence-electron chi connectivity index (χ0n) is 18.3. The molecule has 0 saturated carbocycles. The number of nitrogens with zero attached hydrogens (tertiary/aromatic N) is 2. The molecule has 1 amide bonds. The van der Waals surface area contributed by atoms with Crippen LogP contribution in [-0.4, -0.2) is 53.0 Å². The largest absolute Gasteiger partial charge is 0.484 e. The molecule has 4 rings (SSSR count). The third-order valence-corrected chi connectivity index (χ3v) is 5.30. The van der Waals surface area contributed by atoms with Gasteiger partial charge < -0.3 is 24.9 Å². The number of likely N-dealkylation sites (N-methyl/N-ethyl adjacent to an activating group) is 1. The fourth-order valence-electron chi connectivity index (χ4n) is 3.69. The van der Waals surface area contributed by atoms with E-state index in [9.17, 15) is 9.59 Å². The molecule has 1 aromatic carbocycles. The van der Waals surface area contributed by atoms with Crippen molar-refractivity contribution in [3.8, 4) is 17.1 Å². The number of amides is 1. The van der Waals surface area contributed by atoms with Crippen molar-refractivity contribution in [2.24, 2.45) is 0 Å². The van der Waals surface area contributed by atoms with Gasteiger partial charge in [-0.1, -0.05) is 0 Å². The highest BCUT2D eigenvalue weighted by molar-refractivity contribution is 5.90. The molecule has 0 radical (unpaired) electrons. The van der Waals surface area contributed by atoms with Crippen molar-refractivity contribution in [2.75, 3.05) is 26.7 Å². The van der Waals surface area contributed by atoms with Crippen LogP contribution in [0.25, 0.3) is 33.3 Å². The first-order chi connectivity index (χ1) is 15.5. The van der Waals surface area contributed by atoms with Crippen LogP contribution in [0, 0.1) is 0 Å². The van der Waals surface area contributed by atoms with Gasteiger partial charge in [0.2, 0.25) is 0 Å². The Morgan fingerprint density at radius 1 is 1.12 bits per heavy atom. The molecule has 3 aromatic heterocycles. The molecule has 0 atom stereocenters. The van der Waals surface area contributed by atoms with Crippen molar-refractivity contribution < 1.29 is 14.3 Å². The number of ketones is 1. The number of nitrogens with one attached hydrogen (secondary N) is 3. The number of carbonyl (C=O) groups is 2. The highest BCUT2D eigenvalue weighted by Crippen LogP contribution is 2.32. The highest BCUT2D eigenvalue weighted by Gasteiger charge is 2.15. The molecule has 0 aliphatic heterocycles. The molecule has 0 saturated heterocycles. The number of hydrogen-bond acceptors (Lipinski definition) is 5. The number of aryl methyl sites for hydroxylation is 1. The molecule has 3 heterocycles. The third-order valence-electron chi connectivity index (χ3n) is 5.30. The summed E-state index contributed by atoms with van der Waals surface area (Å²) in [6, 6.07) is 13.8. The Morgan fingerprint density at radius 2 is 2.00 bits per heavy atom. The number of carbonyl (C=O) groups excluding carboxylic acids is 2. The molecular formula is C24H27N5O3. The quantitative estimate of drug-likeness (QED) is 0.334. The van der Waals surface area contributed by atoms with E-state index in [1.807, 2.05) is 37.4 Å². The maximum absolute atomic E-state index is 11.9. The lowest BCUT2D eigenvalue weighted by atomic mass is 10.2. The van der Waals surface area contributed by atoms with E-state index in [-0.39, 0.29) is 18.3 Å². The second kappa shape index (κ2) is 9.65. The van der Waals surface area contributed by atoms with Crippen molar-refractivity contribution in [1.29, 1.82) is 0 Å². The summed E-state index contributed by atoms with van der Waals surface area (Å²) in [5, 5.41) is 7.77. The van der Waals surface area contributed by atoms with Crippen LogP contribution in [-0.2, 0) is 16.1 Å². The van der Waals surface area contributed by atoms with E-state index in [1.165, 1.54) is 0 Å². The minimum atomic E-state index is -0.161. The van der Waals surface area contributed by atoms with Gasteiger partial charge in [-0.05, 0) is 56.4 Å². The predicted molar refractivity (Wildman–Crippen MR) is 125 cm³/mol. The van der Waals surface area contributed by atoms with Gasteiger partial charge in [0.1, 0.15) is 17.2 Å². The number of fused-ring (bicyclic) bond motifs is 2. The van der Waals surface area contributed by atoms with Crippen LogP contribution in [0.1, 0.15) is 13.3 Å². The molecule has 0 aliphatic rings. The molecule has 8 nitrogen and oxygen atoms in total. The number of aromatic nitrogens is 3. The zero-order valence-corrected chi connectivity index (χ0v) is 18.3. The lowest BCUT2D eigenvalue weighted by Crippen LogP contribution is -2.33. The Bertz CT molecular complexity index is 1220. The van der Waals surface area contributed by atoms with Gasteiger partial charge >= 0.3 is 0 Å². The number of H-pyrrole nitrogens is 1. The van der Waals surface area contributed by atoms with E-state index in [1.54, 1.807) is 13.1 Å². The van der Waals surface area contributed by atoms with Gasteiger partial charge in [0.15, 0.2) is 6.61 Å². The smallest absolute Gasteiger partial charge is 0.257 e. The average molecular weight is 434 g/mol. The normalized spacial score (nSPS) is 11.2. The fourth-order valence-corrected chi connectivity index (χ4v) is 3.69. The minimum Gasteiger partial charge on any atom is -0.484 e. The summed E-state index contributed by atoms with van der Waals surface area (Å²) in [4.78, 5) is 31.4. The molecule has 166 valence electrons. The van der Waals surface area contributed by atoms with Crippen molar-refractivity contribution in [3.05, 3.63) is 48.7 Å². The third kappa shape index (κ3) is 4.81. The summed E-state index contributed by atoms with van der Waals surface area (Å²) in [7, 11) is 1.83. The maximum Gasteiger partial charge on any atom is 0.257 e. The molecule has 3 N–H and O–H groups in total. The van der Waals surface area contributed by atoms with Gasteiger partial charge in [0, 0.05) is 48.5 Å². The first kappa shape index (κ1) is 21.6. The van der Waals surface area contributed by atoms with Gasteiger partial charge in [-0.25, -0.2) is 4.98 Å². The van der Waals surface area contributed by atoms with Crippen LogP contribution in [0.3, 0.4) is 0 Å². The lowest BCUT2D eigenvalue weighted by Gasteiger charge is -2.10. The number of rotatable bonds is 10. The van der Waals surface area contributed by atoms with Crippen LogP contribution in [0.2, 0.25) is 0 Å². The van der Waals surface area contributed by atoms with E-state index < -0.39 is 0 Å². The molecule has 4 aromatic rings. The summed E-state index contributed by atoms with van der Waals surface area (Å²) >= 11 is 0. The molecule has 0 spiro atoms. The average Bonchev–Trinajstić information content (AvgIpc) is 3.37. The summed E-state index contributed by atoms with van der Waals surface area (Å²) in [5.41, 5.74) is 3.73. The van der Waals surface area contributed by atoms with Crippen LogP contribution in [0.5, 0.6) is 5.75 Å². The first-order valence-corrected chi connectivity index (χ1v) is 10.7. The van der Waals surface area contributed by atoms with Crippen LogP contribution in [0.4, 0.5) is 0 Å². The van der Waals surface area contributed by atoms with Gasteiger partial charge in [0.25, 0.3) is 5.91 Å². The Balaban J connectivity index is 1.62. The van der Waals surface area contributed by atoms with E-state index in [2.05, 4.69) is 37.3 Å². The van der Waals surface area contributed by atoms with E-state index in [4.69, 9.17) is 4.74 Å². The number of Topliss-reactive ketones (excluding diaryl/α,β-unsaturated/α-hetero) is 1. The Kier molecular flexibility index (Phi) is 6.51. The number of ether oxygens (including phenoxy) is 1. The van der Waals surface area contributed by atoms with E-state index in [0.717, 1.165) is 33.3 Å². The molecule has 0 fully saturated rings. The van der Waals surface area contributed by atoms with Gasteiger partial charge in [-0.15, -0.1) is 0 Å². The summed E-state index contributed by atoms with van der Waals surface area (Å²) < 4.78 is 7.83. The lowest BCUT2D eigenvalue weighted by molar-refractivity contribution is -0.123. The summed E-state index contributed by atoms with van der Waals surface area (Å²) in [6.07, 6.45) is 2.20. The van der Waals surface area contributed by atoms with Crippen molar-refractivity contribution in [2.45, 2.75) is 19.9 Å². The van der Waals surface area contributed by atoms with Gasteiger partial charge in [-0.2, -0.15) is 0 Å². The summed E-state index contributed by atoms with van der Waals surface area (Å²) in [5.74, 6) is 0.598. The van der Waals surface area contributed by atoms with Gasteiger partial charge in [0.05, 0.1) is 11.4 Å². The maximum atomic E-state index is 11.9. The predicted octanol–water partition coefficient (Wildman–Crippen LogP) is 2.88. The first-order valence-electron chi connectivity index (χ1n) is 10.7. The molecular weight excluding hydrogens is 406 g/mol. The van der Waals surface area contributed by atoms with Gasteiger partial charge in [-0.3, -0.25) is 9.59 Å². The molecule has 8 heteroatoms. The Labute approximate surface area is 186 Å². The van der Waals surface area contributed by atoms with Crippen LogP contribution in [0.15, 0.2) is 48.7 Å². The molecule has 0 bridgehead atoms. The standard InChI is InChI=1S/C24H27N5O3/c1-16(30)7-11-29-21-6-5-19(32-15-23(31)26-10-9-25-2)12-18(21)14-22(29)20-13-17-4-3-8-27-24(17)28-20/h3-6,8,12-14,25H,7,9-11,15H2,1-2H3,(H,26,31)(H,27,28). The fraction of sp³-hybridized carbons (Fsp3) is 0.292. The molecule has 0 aliphatic carbocycles. The Hall–Kier alpha value is -3.65.